The Balaban J connectivity index is 0.00000144. The van der Waals surface area contributed by atoms with Crippen LogP contribution in [0.3, 0.4) is 0 Å². The summed E-state index contributed by atoms with van der Waals surface area (Å²) in [5.74, 6) is 1.45. The number of rotatable bonds is 3. The Hall–Kier alpha value is -1.08. The molecule has 0 bridgehead atoms. The van der Waals surface area contributed by atoms with Gasteiger partial charge in [-0.1, -0.05) is 0 Å². The smallest absolute Gasteiger partial charge is 0.229 e. The summed E-state index contributed by atoms with van der Waals surface area (Å²) in [7, 11) is 0. The zero-order valence-corrected chi connectivity index (χ0v) is 16.4. The average Bonchev–Trinajstić information content (AvgIpc) is 3.12. The lowest BCUT2D eigenvalue weighted by Crippen LogP contribution is -2.57. The van der Waals surface area contributed by atoms with Crippen LogP contribution in [0.15, 0.2) is 21.2 Å². The van der Waals surface area contributed by atoms with Crippen molar-refractivity contribution in [2.75, 3.05) is 13.1 Å². The second-order valence-corrected chi connectivity index (χ2v) is 6.56. The summed E-state index contributed by atoms with van der Waals surface area (Å²) in [5, 5.41) is 7.37. The van der Waals surface area contributed by atoms with Crippen molar-refractivity contribution in [3.63, 3.8) is 0 Å². The Labute approximate surface area is 158 Å². The molecule has 24 heavy (non-hydrogen) atoms. The van der Waals surface area contributed by atoms with E-state index in [0.29, 0.717) is 18.4 Å². The van der Waals surface area contributed by atoms with Gasteiger partial charge in [-0.25, -0.2) is 4.98 Å². The van der Waals surface area contributed by atoms with E-state index in [4.69, 9.17) is 4.42 Å². The normalized spacial score (nSPS) is 20.2. The Morgan fingerprint density at radius 3 is 2.88 bits per heavy atom. The average molecular weight is 392 g/mol. The molecule has 1 aliphatic heterocycles. The summed E-state index contributed by atoms with van der Waals surface area (Å²) in [5.41, 5.74) is 1.71. The molecule has 134 valence electrons. The Morgan fingerprint density at radius 2 is 2.21 bits per heavy atom. The first kappa shape index (κ1) is 21.0. The number of thiophene rings is 1. The number of hydrogen-bond donors (Lipinski definition) is 1. The summed E-state index contributed by atoms with van der Waals surface area (Å²) >= 11 is 1.60. The highest BCUT2D eigenvalue weighted by atomic mass is 35.5. The molecule has 5 nitrogen and oxygen atoms in total. The number of carbonyl (C=O) groups excluding carboxylic acids is 1. The Kier molecular flexibility index (Phi) is 7.73. The van der Waals surface area contributed by atoms with Crippen LogP contribution in [-0.2, 0) is 11.2 Å². The van der Waals surface area contributed by atoms with E-state index in [1.54, 1.807) is 11.3 Å². The number of piperazine rings is 1. The zero-order valence-electron chi connectivity index (χ0n) is 13.9. The molecule has 1 amide bonds. The van der Waals surface area contributed by atoms with Gasteiger partial charge in [-0.05, 0) is 32.2 Å². The molecule has 1 fully saturated rings. The first-order valence-electron chi connectivity index (χ1n) is 7.58. The van der Waals surface area contributed by atoms with Gasteiger partial charge in [-0.2, -0.15) is 11.3 Å². The number of aromatic nitrogens is 1. The number of carbonyl (C=O) groups is 1. The number of halogens is 2. The molecule has 0 aliphatic carbocycles. The Bertz CT molecular complexity index is 660. The van der Waals surface area contributed by atoms with Gasteiger partial charge in [0.05, 0.1) is 12.1 Å². The van der Waals surface area contributed by atoms with Crippen molar-refractivity contribution in [3.05, 3.63) is 28.3 Å². The van der Waals surface area contributed by atoms with Crippen molar-refractivity contribution in [3.8, 4) is 11.5 Å². The highest BCUT2D eigenvalue weighted by Crippen LogP contribution is 2.24. The predicted molar refractivity (Wildman–Crippen MR) is 101 cm³/mol. The number of oxazole rings is 1. The van der Waals surface area contributed by atoms with E-state index < -0.39 is 0 Å². The van der Waals surface area contributed by atoms with E-state index in [-0.39, 0.29) is 36.8 Å². The summed E-state index contributed by atoms with van der Waals surface area (Å²) in [6.07, 6.45) is 0.302. The molecule has 3 rings (SSSR count). The van der Waals surface area contributed by atoms with Crippen LogP contribution in [0.5, 0.6) is 0 Å². The zero-order chi connectivity index (χ0) is 15.7. The van der Waals surface area contributed by atoms with E-state index in [1.165, 1.54) is 0 Å². The number of amides is 1. The first-order valence-corrected chi connectivity index (χ1v) is 8.52. The fourth-order valence-corrected chi connectivity index (χ4v) is 3.38. The Morgan fingerprint density at radius 1 is 1.46 bits per heavy atom. The molecule has 0 radical (unpaired) electrons. The molecular formula is C16H23Cl2N3O2S. The lowest BCUT2D eigenvalue weighted by Gasteiger charge is -2.38. The van der Waals surface area contributed by atoms with Crippen molar-refractivity contribution < 1.29 is 9.21 Å². The van der Waals surface area contributed by atoms with Gasteiger partial charge in [-0.15, -0.1) is 24.8 Å². The van der Waals surface area contributed by atoms with E-state index in [9.17, 15) is 4.79 Å². The molecule has 2 aromatic rings. The molecule has 2 atom stereocenters. The van der Waals surface area contributed by atoms with Crippen LogP contribution >= 0.6 is 36.2 Å². The monoisotopic (exact) mass is 391 g/mol. The topological polar surface area (TPSA) is 58.4 Å². The van der Waals surface area contributed by atoms with Crippen LogP contribution in [0.25, 0.3) is 11.5 Å². The standard InChI is InChI=1S/C16H21N3O2S.2ClH/c1-10-11(2)19(6-5-17-10)15(20)8-14-12(3)21-16(18-14)13-4-7-22-9-13;;/h4,7,9-11,17H,5-6,8H2,1-3H3;2*1H. The van der Waals surface area contributed by atoms with Crippen molar-refractivity contribution in [2.45, 2.75) is 39.3 Å². The molecule has 0 spiro atoms. The minimum Gasteiger partial charge on any atom is -0.441 e. The highest BCUT2D eigenvalue weighted by Gasteiger charge is 2.29. The molecule has 2 unspecified atom stereocenters. The van der Waals surface area contributed by atoms with Crippen LogP contribution in [0.1, 0.15) is 25.3 Å². The van der Waals surface area contributed by atoms with Gasteiger partial charge < -0.3 is 14.6 Å². The number of aryl methyl sites for hydroxylation is 1. The second-order valence-electron chi connectivity index (χ2n) is 5.78. The number of nitrogens with zero attached hydrogens (tertiary/aromatic N) is 2. The van der Waals surface area contributed by atoms with Crippen LogP contribution in [0.2, 0.25) is 0 Å². The minimum atomic E-state index is 0. The summed E-state index contributed by atoms with van der Waals surface area (Å²) in [6, 6.07) is 2.49. The van der Waals surface area contributed by atoms with Crippen LogP contribution in [-0.4, -0.2) is 41.0 Å². The number of nitrogens with one attached hydrogen (secondary N) is 1. The van der Waals surface area contributed by atoms with Gasteiger partial charge in [0.15, 0.2) is 0 Å². The third-order valence-corrected chi connectivity index (χ3v) is 5.02. The van der Waals surface area contributed by atoms with E-state index in [0.717, 1.165) is 30.1 Å². The molecule has 0 saturated carbocycles. The van der Waals surface area contributed by atoms with Crippen LogP contribution in [0, 0.1) is 6.92 Å². The van der Waals surface area contributed by atoms with E-state index in [1.807, 2.05) is 28.7 Å². The maximum atomic E-state index is 12.6. The quantitative estimate of drug-likeness (QED) is 0.871. The fourth-order valence-electron chi connectivity index (χ4n) is 2.76. The van der Waals surface area contributed by atoms with Gasteiger partial charge in [0, 0.05) is 36.1 Å². The summed E-state index contributed by atoms with van der Waals surface area (Å²) in [4.78, 5) is 19.0. The maximum Gasteiger partial charge on any atom is 0.229 e. The third kappa shape index (κ3) is 4.30. The van der Waals surface area contributed by atoms with Crippen LogP contribution < -0.4 is 5.32 Å². The van der Waals surface area contributed by atoms with Gasteiger partial charge in [-0.3, -0.25) is 4.79 Å². The molecule has 1 saturated heterocycles. The fraction of sp³-hybridized carbons (Fsp3) is 0.500. The minimum absolute atomic E-state index is 0. The van der Waals surface area contributed by atoms with Crippen molar-refractivity contribution in [1.29, 1.82) is 0 Å². The van der Waals surface area contributed by atoms with Crippen molar-refractivity contribution in [1.82, 2.24) is 15.2 Å². The van der Waals surface area contributed by atoms with Crippen LogP contribution in [0.4, 0.5) is 0 Å². The summed E-state index contributed by atoms with van der Waals surface area (Å²) < 4.78 is 5.71. The summed E-state index contributed by atoms with van der Waals surface area (Å²) in [6.45, 7) is 7.66. The van der Waals surface area contributed by atoms with Gasteiger partial charge in [0.2, 0.25) is 11.8 Å². The van der Waals surface area contributed by atoms with E-state index in [2.05, 4.69) is 24.1 Å². The highest BCUT2D eigenvalue weighted by molar-refractivity contribution is 7.08. The van der Waals surface area contributed by atoms with Gasteiger partial charge in [0.25, 0.3) is 0 Å². The van der Waals surface area contributed by atoms with Crippen molar-refractivity contribution >= 4 is 42.1 Å². The van der Waals surface area contributed by atoms with Crippen molar-refractivity contribution in [2.24, 2.45) is 0 Å². The molecule has 1 aliphatic rings. The number of hydrogen-bond acceptors (Lipinski definition) is 5. The largest absolute Gasteiger partial charge is 0.441 e. The predicted octanol–water partition coefficient (Wildman–Crippen LogP) is 3.31. The molecule has 2 aromatic heterocycles. The molecule has 1 N–H and O–H groups in total. The second kappa shape index (κ2) is 8.85. The lowest BCUT2D eigenvalue weighted by molar-refractivity contribution is -0.134. The maximum absolute atomic E-state index is 12.6. The van der Waals surface area contributed by atoms with Gasteiger partial charge in [0.1, 0.15) is 5.76 Å². The van der Waals surface area contributed by atoms with Gasteiger partial charge >= 0.3 is 0 Å². The third-order valence-electron chi connectivity index (χ3n) is 4.33. The lowest BCUT2D eigenvalue weighted by atomic mass is 10.1. The van der Waals surface area contributed by atoms with E-state index >= 15 is 0 Å². The SMILES string of the molecule is Cc1oc(-c2ccsc2)nc1CC(=O)N1CCNC(C)C1C.Cl.Cl. The molecule has 0 aromatic carbocycles. The first-order chi connectivity index (χ1) is 10.6. The molecular weight excluding hydrogens is 369 g/mol. The molecule has 8 heteroatoms. The molecule has 3 heterocycles.